The summed E-state index contributed by atoms with van der Waals surface area (Å²) in [5.41, 5.74) is 4.00. The van der Waals surface area contributed by atoms with Crippen molar-refractivity contribution in [1.82, 2.24) is 4.98 Å². The molecule has 0 fully saturated rings. The summed E-state index contributed by atoms with van der Waals surface area (Å²) in [5, 5.41) is 4.10. The second-order valence-electron chi connectivity index (χ2n) is 5.88. The summed E-state index contributed by atoms with van der Waals surface area (Å²) >= 11 is 7.61. The van der Waals surface area contributed by atoms with Gasteiger partial charge in [-0.25, -0.2) is 4.98 Å². The molecule has 0 aliphatic carbocycles. The topological polar surface area (TPSA) is 51.2 Å². The Kier molecular flexibility index (Phi) is 5.25. The Bertz CT molecular complexity index is 913. The molecule has 6 heteroatoms. The zero-order chi connectivity index (χ0) is 18.0. The van der Waals surface area contributed by atoms with Crippen LogP contribution in [0.2, 0.25) is 5.02 Å². The number of thiazole rings is 1. The SMILES string of the molecule is CCc1ccc2nc(NC(=O)COc3cc(C)c(Cl)c(C)c3)sc2c1. The van der Waals surface area contributed by atoms with E-state index in [0.29, 0.717) is 10.9 Å². The van der Waals surface area contributed by atoms with Gasteiger partial charge in [-0.2, -0.15) is 0 Å². The molecular formula is C19H19ClN2O2S. The summed E-state index contributed by atoms with van der Waals surface area (Å²) in [7, 11) is 0. The number of carbonyl (C=O) groups excluding carboxylic acids is 1. The number of nitrogens with one attached hydrogen (secondary N) is 1. The molecule has 1 amide bonds. The van der Waals surface area contributed by atoms with Crippen molar-refractivity contribution in [3.8, 4) is 5.75 Å². The Hall–Kier alpha value is -2.11. The summed E-state index contributed by atoms with van der Waals surface area (Å²) < 4.78 is 6.64. The van der Waals surface area contributed by atoms with Crippen LogP contribution in [0.5, 0.6) is 5.75 Å². The molecule has 1 heterocycles. The smallest absolute Gasteiger partial charge is 0.264 e. The van der Waals surface area contributed by atoms with Crippen LogP contribution in [0.15, 0.2) is 30.3 Å². The van der Waals surface area contributed by atoms with Gasteiger partial charge in [0.2, 0.25) is 0 Å². The Morgan fingerprint density at radius 1 is 1.24 bits per heavy atom. The van der Waals surface area contributed by atoms with E-state index in [-0.39, 0.29) is 12.5 Å². The Labute approximate surface area is 155 Å². The van der Waals surface area contributed by atoms with Crippen molar-refractivity contribution in [2.75, 3.05) is 11.9 Å². The van der Waals surface area contributed by atoms with E-state index < -0.39 is 0 Å². The van der Waals surface area contributed by atoms with Gasteiger partial charge in [0.05, 0.1) is 10.2 Å². The van der Waals surface area contributed by atoms with Gasteiger partial charge >= 0.3 is 0 Å². The maximum absolute atomic E-state index is 12.1. The van der Waals surface area contributed by atoms with Crippen LogP contribution in [0.1, 0.15) is 23.6 Å². The van der Waals surface area contributed by atoms with Crippen LogP contribution in [0.25, 0.3) is 10.2 Å². The molecular weight excluding hydrogens is 356 g/mol. The number of fused-ring (bicyclic) bond motifs is 1. The van der Waals surface area contributed by atoms with Crippen molar-refractivity contribution in [1.29, 1.82) is 0 Å². The average molecular weight is 375 g/mol. The molecule has 3 aromatic rings. The molecule has 2 aromatic carbocycles. The number of anilines is 1. The number of carbonyl (C=O) groups is 1. The average Bonchev–Trinajstić information content (AvgIpc) is 2.98. The summed E-state index contributed by atoms with van der Waals surface area (Å²) in [6.45, 7) is 5.86. The molecule has 3 rings (SSSR count). The fourth-order valence-corrected chi connectivity index (χ4v) is 3.59. The minimum Gasteiger partial charge on any atom is -0.484 e. The molecule has 0 unspecified atom stereocenters. The van der Waals surface area contributed by atoms with Crippen LogP contribution in [-0.4, -0.2) is 17.5 Å². The van der Waals surface area contributed by atoms with Crippen molar-refractivity contribution < 1.29 is 9.53 Å². The highest BCUT2D eigenvalue weighted by Gasteiger charge is 2.10. The van der Waals surface area contributed by atoms with Crippen LogP contribution >= 0.6 is 22.9 Å². The second kappa shape index (κ2) is 7.42. The van der Waals surface area contributed by atoms with Gasteiger partial charge in [-0.3, -0.25) is 10.1 Å². The van der Waals surface area contributed by atoms with Crippen molar-refractivity contribution in [2.24, 2.45) is 0 Å². The normalized spacial score (nSPS) is 10.9. The third kappa shape index (κ3) is 4.11. The number of nitrogens with zero attached hydrogens (tertiary/aromatic N) is 1. The monoisotopic (exact) mass is 374 g/mol. The highest BCUT2D eigenvalue weighted by Crippen LogP contribution is 2.28. The van der Waals surface area contributed by atoms with E-state index in [1.165, 1.54) is 16.9 Å². The zero-order valence-corrected chi connectivity index (χ0v) is 15.9. The molecule has 0 saturated carbocycles. The lowest BCUT2D eigenvalue weighted by Crippen LogP contribution is -2.20. The predicted octanol–water partition coefficient (Wildman–Crippen LogP) is 5.15. The first-order valence-electron chi connectivity index (χ1n) is 8.05. The van der Waals surface area contributed by atoms with Gasteiger partial charge in [-0.05, 0) is 61.2 Å². The number of aryl methyl sites for hydroxylation is 3. The summed E-state index contributed by atoms with van der Waals surface area (Å²) in [4.78, 5) is 16.6. The minimum absolute atomic E-state index is 0.0728. The van der Waals surface area contributed by atoms with E-state index >= 15 is 0 Å². The van der Waals surface area contributed by atoms with Gasteiger partial charge in [-0.15, -0.1) is 0 Å². The number of hydrogen-bond donors (Lipinski definition) is 1. The molecule has 0 aliphatic heterocycles. The fraction of sp³-hybridized carbons (Fsp3) is 0.263. The molecule has 1 aromatic heterocycles. The lowest BCUT2D eigenvalue weighted by atomic mass is 10.1. The lowest BCUT2D eigenvalue weighted by Gasteiger charge is -2.09. The predicted molar refractivity (Wildman–Crippen MR) is 104 cm³/mol. The third-order valence-electron chi connectivity index (χ3n) is 3.89. The van der Waals surface area contributed by atoms with Gasteiger partial charge in [-0.1, -0.05) is 35.9 Å². The van der Waals surface area contributed by atoms with Crippen molar-refractivity contribution in [2.45, 2.75) is 27.2 Å². The first-order valence-corrected chi connectivity index (χ1v) is 9.24. The van der Waals surface area contributed by atoms with E-state index in [1.54, 1.807) is 0 Å². The molecule has 0 aliphatic rings. The van der Waals surface area contributed by atoms with Crippen molar-refractivity contribution >= 4 is 44.2 Å². The largest absolute Gasteiger partial charge is 0.484 e. The zero-order valence-electron chi connectivity index (χ0n) is 14.4. The standard InChI is InChI=1S/C19H19ClN2O2S/c1-4-13-5-6-15-16(9-13)25-19(21-15)22-17(23)10-24-14-7-11(2)18(20)12(3)8-14/h5-9H,4,10H2,1-3H3,(H,21,22,23). The van der Waals surface area contributed by atoms with Gasteiger partial charge in [0, 0.05) is 5.02 Å². The van der Waals surface area contributed by atoms with Crippen LogP contribution in [0.4, 0.5) is 5.13 Å². The molecule has 25 heavy (non-hydrogen) atoms. The Morgan fingerprint density at radius 3 is 2.64 bits per heavy atom. The van der Waals surface area contributed by atoms with Gasteiger partial charge in [0.25, 0.3) is 5.91 Å². The molecule has 4 nitrogen and oxygen atoms in total. The van der Waals surface area contributed by atoms with Gasteiger partial charge in [0.15, 0.2) is 11.7 Å². The second-order valence-corrected chi connectivity index (χ2v) is 7.29. The lowest BCUT2D eigenvalue weighted by molar-refractivity contribution is -0.118. The summed E-state index contributed by atoms with van der Waals surface area (Å²) in [6.07, 6.45) is 0.975. The van der Waals surface area contributed by atoms with E-state index in [4.69, 9.17) is 16.3 Å². The highest BCUT2D eigenvalue weighted by molar-refractivity contribution is 7.22. The van der Waals surface area contributed by atoms with E-state index in [9.17, 15) is 4.79 Å². The van der Waals surface area contributed by atoms with Crippen LogP contribution < -0.4 is 10.1 Å². The maximum atomic E-state index is 12.1. The Balaban J connectivity index is 1.64. The molecule has 0 atom stereocenters. The first kappa shape index (κ1) is 17.7. The van der Waals surface area contributed by atoms with Crippen molar-refractivity contribution in [3.05, 3.63) is 52.0 Å². The Morgan fingerprint density at radius 2 is 1.96 bits per heavy atom. The number of hydrogen-bond acceptors (Lipinski definition) is 4. The van der Waals surface area contributed by atoms with Crippen LogP contribution in [0, 0.1) is 13.8 Å². The van der Waals surface area contributed by atoms with Crippen LogP contribution in [0.3, 0.4) is 0 Å². The van der Waals surface area contributed by atoms with E-state index in [1.807, 2.05) is 32.0 Å². The van der Waals surface area contributed by atoms with E-state index in [0.717, 1.165) is 32.8 Å². The van der Waals surface area contributed by atoms with E-state index in [2.05, 4.69) is 29.4 Å². The summed E-state index contributed by atoms with van der Waals surface area (Å²) in [6, 6.07) is 9.80. The quantitative estimate of drug-likeness (QED) is 0.672. The van der Waals surface area contributed by atoms with Gasteiger partial charge in [0.1, 0.15) is 5.75 Å². The molecule has 0 bridgehead atoms. The number of ether oxygens (including phenoxy) is 1. The van der Waals surface area contributed by atoms with Crippen molar-refractivity contribution in [3.63, 3.8) is 0 Å². The maximum Gasteiger partial charge on any atom is 0.264 e. The highest BCUT2D eigenvalue weighted by atomic mass is 35.5. The minimum atomic E-state index is -0.236. The fourth-order valence-electron chi connectivity index (χ4n) is 2.54. The molecule has 1 N–H and O–H groups in total. The van der Waals surface area contributed by atoms with Crippen LogP contribution in [-0.2, 0) is 11.2 Å². The first-order chi connectivity index (χ1) is 12.0. The van der Waals surface area contributed by atoms with Gasteiger partial charge < -0.3 is 4.74 Å². The third-order valence-corrected chi connectivity index (χ3v) is 5.42. The molecule has 130 valence electrons. The number of benzene rings is 2. The molecule has 0 spiro atoms. The summed E-state index contributed by atoms with van der Waals surface area (Å²) in [5.74, 6) is 0.395. The number of amides is 1. The number of halogens is 1. The molecule has 0 saturated heterocycles. The molecule has 0 radical (unpaired) electrons. The number of aromatic nitrogens is 1. The number of rotatable bonds is 5.